The van der Waals surface area contributed by atoms with Crippen molar-refractivity contribution in [2.45, 2.75) is 50.8 Å². The third-order valence-electron chi connectivity index (χ3n) is 5.54. The Labute approximate surface area is 151 Å². The molecule has 1 aliphatic carbocycles. The summed E-state index contributed by atoms with van der Waals surface area (Å²) in [6.45, 7) is 5.64. The molecular formula is C19H28N2O3S. The number of fused-ring (bicyclic) bond motifs is 1. The van der Waals surface area contributed by atoms with Crippen LogP contribution in [0, 0.1) is 5.92 Å². The first-order valence-corrected chi connectivity index (χ1v) is 10.8. The van der Waals surface area contributed by atoms with Gasteiger partial charge in [-0.15, -0.1) is 0 Å². The maximum absolute atomic E-state index is 13.0. The van der Waals surface area contributed by atoms with Crippen molar-refractivity contribution in [2.24, 2.45) is 5.92 Å². The average Bonchev–Trinajstić information content (AvgIpc) is 2.66. The van der Waals surface area contributed by atoms with Gasteiger partial charge in [-0.05, 0) is 55.4 Å². The van der Waals surface area contributed by atoms with Crippen LogP contribution in [0.1, 0.15) is 44.2 Å². The largest absolute Gasteiger partial charge is 0.340 e. The maximum Gasteiger partial charge on any atom is 0.243 e. The maximum atomic E-state index is 13.0. The molecule has 3 rings (SSSR count). The molecule has 1 fully saturated rings. The number of aryl methyl sites for hydroxylation is 2. The van der Waals surface area contributed by atoms with Gasteiger partial charge in [0.25, 0.3) is 0 Å². The van der Waals surface area contributed by atoms with E-state index in [9.17, 15) is 13.2 Å². The Morgan fingerprint density at radius 3 is 2.36 bits per heavy atom. The number of nitrogens with zero attached hydrogens (tertiary/aromatic N) is 2. The summed E-state index contributed by atoms with van der Waals surface area (Å²) in [5, 5.41) is 0. The molecule has 1 aliphatic heterocycles. The van der Waals surface area contributed by atoms with Gasteiger partial charge in [0, 0.05) is 32.1 Å². The quantitative estimate of drug-likeness (QED) is 0.824. The highest BCUT2D eigenvalue weighted by Crippen LogP contribution is 2.26. The zero-order valence-corrected chi connectivity index (χ0v) is 16.0. The highest BCUT2D eigenvalue weighted by atomic mass is 32.2. The zero-order valence-electron chi connectivity index (χ0n) is 15.2. The Morgan fingerprint density at radius 1 is 1.08 bits per heavy atom. The molecule has 5 nitrogen and oxygen atoms in total. The highest BCUT2D eigenvalue weighted by molar-refractivity contribution is 7.89. The monoisotopic (exact) mass is 364 g/mol. The van der Waals surface area contributed by atoms with E-state index in [0.29, 0.717) is 31.1 Å². The number of rotatable bonds is 4. The van der Waals surface area contributed by atoms with E-state index in [1.54, 1.807) is 11.0 Å². The van der Waals surface area contributed by atoms with Crippen LogP contribution in [-0.2, 0) is 27.7 Å². The first-order valence-electron chi connectivity index (χ1n) is 9.34. The number of amides is 1. The molecular weight excluding hydrogens is 336 g/mol. The van der Waals surface area contributed by atoms with Crippen LogP contribution in [0.2, 0.25) is 0 Å². The van der Waals surface area contributed by atoms with Crippen LogP contribution in [-0.4, -0.2) is 49.7 Å². The summed E-state index contributed by atoms with van der Waals surface area (Å²) in [6, 6.07) is 5.58. The molecule has 0 bridgehead atoms. The summed E-state index contributed by atoms with van der Waals surface area (Å²) in [5.41, 5.74) is 2.46. The predicted octanol–water partition coefficient (Wildman–Crippen LogP) is 2.44. The van der Waals surface area contributed by atoms with Crippen LogP contribution in [0.5, 0.6) is 0 Å². The molecule has 1 aromatic carbocycles. The molecule has 1 amide bonds. The van der Waals surface area contributed by atoms with Gasteiger partial charge < -0.3 is 4.90 Å². The Balaban J connectivity index is 1.71. The van der Waals surface area contributed by atoms with E-state index in [4.69, 9.17) is 0 Å². The van der Waals surface area contributed by atoms with Gasteiger partial charge >= 0.3 is 0 Å². The summed E-state index contributed by atoms with van der Waals surface area (Å²) < 4.78 is 27.4. The van der Waals surface area contributed by atoms with Gasteiger partial charge in [0.2, 0.25) is 15.9 Å². The molecule has 0 spiro atoms. The lowest BCUT2D eigenvalue weighted by Crippen LogP contribution is -2.51. The fraction of sp³-hybridized carbons (Fsp3) is 0.632. The van der Waals surface area contributed by atoms with E-state index in [1.165, 1.54) is 21.9 Å². The Morgan fingerprint density at radius 2 is 1.72 bits per heavy atom. The lowest BCUT2D eigenvalue weighted by molar-refractivity contribution is -0.136. The molecule has 138 valence electrons. The number of piperazine rings is 1. The molecule has 1 heterocycles. The molecule has 6 heteroatoms. The normalized spacial score (nSPS) is 20.2. The minimum atomic E-state index is -3.48. The van der Waals surface area contributed by atoms with Gasteiger partial charge in [-0.3, -0.25) is 4.79 Å². The van der Waals surface area contributed by atoms with Gasteiger partial charge in [-0.2, -0.15) is 4.31 Å². The van der Waals surface area contributed by atoms with E-state index in [1.807, 2.05) is 26.0 Å². The van der Waals surface area contributed by atoms with E-state index in [-0.39, 0.29) is 11.8 Å². The lowest BCUT2D eigenvalue weighted by Gasteiger charge is -2.35. The van der Waals surface area contributed by atoms with Gasteiger partial charge in [0.15, 0.2) is 0 Å². The second kappa shape index (κ2) is 7.46. The summed E-state index contributed by atoms with van der Waals surface area (Å²) in [7, 11) is -3.48. The molecule has 0 radical (unpaired) electrons. The third-order valence-corrected chi connectivity index (χ3v) is 7.44. The fourth-order valence-electron chi connectivity index (χ4n) is 3.65. The zero-order chi connectivity index (χ0) is 18.0. The van der Waals surface area contributed by atoms with Crippen LogP contribution in [0.4, 0.5) is 0 Å². The van der Waals surface area contributed by atoms with E-state index >= 15 is 0 Å². The number of sulfonamides is 1. The van der Waals surface area contributed by atoms with Crippen LogP contribution >= 0.6 is 0 Å². The molecule has 1 saturated heterocycles. The number of carbonyl (C=O) groups excluding carboxylic acids is 1. The molecule has 2 aliphatic rings. The summed E-state index contributed by atoms with van der Waals surface area (Å²) in [6.07, 6.45) is 5.15. The minimum absolute atomic E-state index is 0.00352. The lowest BCUT2D eigenvalue weighted by atomic mass is 9.92. The van der Waals surface area contributed by atoms with Crippen molar-refractivity contribution >= 4 is 15.9 Å². The average molecular weight is 365 g/mol. The predicted molar refractivity (Wildman–Crippen MR) is 97.9 cm³/mol. The number of hydrogen-bond acceptors (Lipinski definition) is 3. The van der Waals surface area contributed by atoms with Crippen LogP contribution < -0.4 is 0 Å². The van der Waals surface area contributed by atoms with Crippen LogP contribution in [0.3, 0.4) is 0 Å². The van der Waals surface area contributed by atoms with Gasteiger partial charge in [-0.1, -0.05) is 19.9 Å². The Hall–Kier alpha value is -1.40. The number of carbonyl (C=O) groups is 1. The van der Waals surface area contributed by atoms with E-state index in [2.05, 4.69) is 0 Å². The molecule has 25 heavy (non-hydrogen) atoms. The van der Waals surface area contributed by atoms with Crippen molar-refractivity contribution in [3.63, 3.8) is 0 Å². The van der Waals surface area contributed by atoms with Crippen LogP contribution in [0.25, 0.3) is 0 Å². The number of hydrogen-bond donors (Lipinski definition) is 0. The minimum Gasteiger partial charge on any atom is -0.340 e. The Bertz CT molecular complexity index is 737. The van der Waals surface area contributed by atoms with Gasteiger partial charge in [0.05, 0.1) is 4.90 Å². The highest BCUT2D eigenvalue weighted by Gasteiger charge is 2.31. The number of benzene rings is 1. The van der Waals surface area contributed by atoms with Crippen molar-refractivity contribution < 1.29 is 13.2 Å². The molecule has 1 unspecified atom stereocenters. The molecule has 0 N–H and O–H groups in total. The molecule has 0 aromatic heterocycles. The topological polar surface area (TPSA) is 57.7 Å². The summed E-state index contributed by atoms with van der Waals surface area (Å²) in [4.78, 5) is 14.5. The van der Waals surface area contributed by atoms with Crippen molar-refractivity contribution in [2.75, 3.05) is 26.2 Å². The van der Waals surface area contributed by atoms with Crippen LogP contribution in [0.15, 0.2) is 23.1 Å². The fourth-order valence-corrected chi connectivity index (χ4v) is 5.13. The standard InChI is InChI=1S/C19H28N2O3S/c1-3-15(2)19(22)20-10-12-21(13-11-20)25(23,24)18-9-8-16-6-4-5-7-17(16)14-18/h8-9,14-15H,3-7,10-13H2,1-2H3. The molecule has 0 saturated carbocycles. The molecule has 1 aromatic rings. The summed E-state index contributed by atoms with van der Waals surface area (Å²) >= 11 is 0. The third kappa shape index (κ3) is 3.75. The SMILES string of the molecule is CCC(C)C(=O)N1CCN(S(=O)(=O)c2ccc3c(c2)CCCC3)CC1. The van der Waals surface area contributed by atoms with E-state index in [0.717, 1.165) is 25.7 Å². The second-order valence-electron chi connectivity index (χ2n) is 7.18. The first kappa shape index (κ1) is 18.4. The van der Waals surface area contributed by atoms with Crippen molar-refractivity contribution in [3.05, 3.63) is 29.3 Å². The smallest absolute Gasteiger partial charge is 0.243 e. The van der Waals surface area contributed by atoms with Gasteiger partial charge in [0.1, 0.15) is 0 Å². The molecule has 1 atom stereocenters. The van der Waals surface area contributed by atoms with Crippen molar-refractivity contribution in [3.8, 4) is 0 Å². The van der Waals surface area contributed by atoms with Crippen molar-refractivity contribution in [1.29, 1.82) is 0 Å². The first-order chi connectivity index (χ1) is 11.9. The van der Waals surface area contributed by atoms with E-state index < -0.39 is 10.0 Å². The second-order valence-corrected chi connectivity index (χ2v) is 9.11. The van der Waals surface area contributed by atoms with Gasteiger partial charge in [-0.25, -0.2) is 8.42 Å². The Kier molecular flexibility index (Phi) is 5.49. The summed E-state index contributed by atoms with van der Waals surface area (Å²) in [5.74, 6) is 0.136. The van der Waals surface area contributed by atoms with Crippen molar-refractivity contribution in [1.82, 2.24) is 9.21 Å².